The quantitative estimate of drug-likeness (QED) is 0.735. The molecule has 2 N–H and O–H groups in total. The molecule has 26 heavy (non-hydrogen) atoms. The van der Waals surface area contributed by atoms with Gasteiger partial charge < -0.3 is 15.2 Å². The molecule has 0 unspecified atom stereocenters. The number of halogens is 2. The molecular weight excluding hydrogens is 377 g/mol. The van der Waals surface area contributed by atoms with Crippen molar-refractivity contribution < 1.29 is 19.4 Å². The lowest BCUT2D eigenvalue weighted by Crippen LogP contribution is -2.30. The molecule has 140 valence electrons. The van der Waals surface area contributed by atoms with Crippen LogP contribution < -0.4 is 5.32 Å². The van der Waals surface area contributed by atoms with Crippen molar-refractivity contribution in [3.05, 3.63) is 59.7 Å². The van der Waals surface area contributed by atoms with Crippen molar-refractivity contribution in [1.82, 2.24) is 5.32 Å². The fourth-order valence-corrected chi connectivity index (χ4v) is 2.80. The number of carboxylic acid groups (broad SMARTS) is 1. The fraction of sp³-hybridized carbons (Fsp3) is 0.263. The predicted molar refractivity (Wildman–Crippen MR) is 104 cm³/mol. The molecule has 2 aromatic rings. The smallest absolute Gasteiger partial charge is 0.407 e. The second kappa shape index (κ2) is 10.7. The molecule has 0 saturated heterocycles. The zero-order valence-corrected chi connectivity index (χ0v) is 14.8. The van der Waals surface area contributed by atoms with Crippen LogP contribution in [-0.2, 0) is 9.53 Å². The van der Waals surface area contributed by atoms with Gasteiger partial charge in [-0.3, -0.25) is 4.79 Å². The molecule has 7 heteroatoms. The third-order valence-corrected chi connectivity index (χ3v) is 3.73. The van der Waals surface area contributed by atoms with Crippen molar-refractivity contribution >= 4 is 35.3 Å². The lowest BCUT2D eigenvalue weighted by molar-refractivity contribution is -0.135. The highest BCUT2D eigenvalue weighted by atomic mass is 35.5. The van der Waals surface area contributed by atoms with Crippen molar-refractivity contribution in [2.75, 3.05) is 18.5 Å². The van der Waals surface area contributed by atoms with E-state index >= 15 is 0 Å². The van der Waals surface area contributed by atoms with Crippen LogP contribution in [0.4, 0.5) is 4.79 Å². The van der Waals surface area contributed by atoms with Crippen LogP contribution in [0.2, 0.25) is 0 Å². The van der Waals surface area contributed by atoms with Gasteiger partial charge in [0, 0.05) is 5.92 Å². The van der Waals surface area contributed by atoms with Crippen LogP contribution in [0.5, 0.6) is 0 Å². The Morgan fingerprint density at radius 3 is 1.92 bits per heavy atom. The van der Waals surface area contributed by atoms with E-state index in [0.717, 1.165) is 22.3 Å². The first-order valence-electron chi connectivity index (χ1n) is 7.51. The number of carbonyl (C=O) groups is 2. The molecule has 3 rings (SSSR count). The van der Waals surface area contributed by atoms with Gasteiger partial charge in [-0.1, -0.05) is 56.0 Å². The molecule has 2 aromatic carbocycles. The monoisotopic (exact) mass is 397 g/mol. The number of aliphatic carboxylic acids is 1. The summed E-state index contributed by atoms with van der Waals surface area (Å²) >= 11 is 9.53. The van der Waals surface area contributed by atoms with Crippen LogP contribution in [0, 0.1) is 0 Å². The molecule has 0 radical (unpaired) electrons. The maximum atomic E-state index is 11.5. The van der Waals surface area contributed by atoms with Crippen molar-refractivity contribution in [2.45, 2.75) is 13.3 Å². The Balaban J connectivity index is 0.000000791. The summed E-state index contributed by atoms with van der Waals surface area (Å²) in [5.41, 5.74) is 4.54. The molecular formula is C19H21Cl2NO4. The van der Waals surface area contributed by atoms with Crippen LogP contribution in [0.1, 0.15) is 24.5 Å². The summed E-state index contributed by atoms with van der Waals surface area (Å²) in [5, 5.41) is 10.9. The minimum Gasteiger partial charge on any atom is -0.480 e. The summed E-state index contributed by atoms with van der Waals surface area (Å²) in [4.78, 5) is 22.0. The maximum Gasteiger partial charge on any atom is 0.407 e. The average molecular weight is 398 g/mol. The minimum atomic E-state index is -1.10. The normalized spacial score (nSPS) is 11.2. The number of hydrogen-bond acceptors (Lipinski definition) is 3. The molecule has 1 amide bonds. The predicted octanol–water partition coefficient (Wildman–Crippen LogP) is 4.67. The van der Waals surface area contributed by atoms with Crippen molar-refractivity contribution in [2.24, 2.45) is 0 Å². The number of rotatable bonds is 4. The largest absolute Gasteiger partial charge is 0.480 e. The zero-order chi connectivity index (χ0) is 18.2. The van der Waals surface area contributed by atoms with Crippen molar-refractivity contribution in [3.8, 4) is 11.1 Å². The summed E-state index contributed by atoms with van der Waals surface area (Å²) in [7, 11) is 0. The van der Waals surface area contributed by atoms with Crippen LogP contribution in [0.25, 0.3) is 11.1 Å². The first-order valence-corrected chi connectivity index (χ1v) is 8.58. The molecule has 0 heterocycles. The Morgan fingerprint density at radius 1 is 1.00 bits per heavy atom. The van der Waals surface area contributed by atoms with E-state index in [0.29, 0.717) is 0 Å². The summed E-state index contributed by atoms with van der Waals surface area (Å²) in [6.45, 7) is -0.268. The van der Waals surface area contributed by atoms with Gasteiger partial charge in [0.1, 0.15) is 13.2 Å². The molecule has 0 bridgehead atoms. The van der Waals surface area contributed by atoms with Crippen LogP contribution in [0.3, 0.4) is 0 Å². The van der Waals surface area contributed by atoms with E-state index in [9.17, 15) is 9.59 Å². The van der Waals surface area contributed by atoms with Crippen LogP contribution in [0.15, 0.2) is 48.5 Å². The van der Waals surface area contributed by atoms with E-state index in [1.165, 1.54) is 0 Å². The number of carboxylic acids is 1. The highest BCUT2D eigenvalue weighted by Gasteiger charge is 2.28. The van der Waals surface area contributed by atoms with Gasteiger partial charge in [-0.2, -0.15) is 0 Å². The lowest BCUT2D eigenvalue weighted by atomic mass is 9.98. The molecule has 1 aliphatic rings. The van der Waals surface area contributed by atoms with E-state index in [-0.39, 0.29) is 25.3 Å². The van der Waals surface area contributed by atoms with E-state index in [1.807, 2.05) is 36.4 Å². The van der Waals surface area contributed by atoms with Gasteiger partial charge >= 0.3 is 12.1 Å². The van der Waals surface area contributed by atoms with Gasteiger partial charge in [0.2, 0.25) is 0 Å². The number of hydrogen-bond donors (Lipinski definition) is 2. The first kappa shape index (κ1) is 21.8. The van der Waals surface area contributed by atoms with Gasteiger partial charge in [-0.25, -0.2) is 4.79 Å². The molecule has 0 aromatic heterocycles. The van der Waals surface area contributed by atoms with Crippen LogP contribution >= 0.6 is 23.2 Å². The summed E-state index contributed by atoms with van der Waals surface area (Å²) in [6.07, 6.45) is -0.718. The van der Waals surface area contributed by atoms with Crippen LogP contribution in [-0.4, -0.2) is 35.7 Å². The highest BCUT2D eigenvalue weighted by molar-refractivity contribution is 6.40. The Labute approximate surface area is 162 Å². The fourth-order valence-electron chi connectivity index (χ4n) is 2.80. The second-order valence-electron chi connectivity index (χ2n) is 5.17. The maximum absolute atomic E-state index is 11.5. The number of ether oxygens (including phenoxy) is 1. The van der Waals surface area contributed by atoms with E-state index in [2.05, 4.69) is 17.4 Å². The second-order valence-corrected chi connectivity index (χ2v) is 5.98. The first-order chi connectivity index (χ1) is 12.1. The molecule has 0 saturated carbocycles. The summed E-state index contributed by atoms with van der Waals surface area (Å²) < 4.78 is 5.18. The number of alkyl carbamates (subject to hydrolysis) is 1. The number of nitrogens with one attached hydrogen (secondary N) is 1. The molecule has 1 aliphatic carbocycles. The lowest BCUT2D eigenvalue weighted by Gasteiger charge is -2.14. The number of alkyl halides is 2. The number of fused-ring (bicyclic) bond motifs is 3. The number of amides is 1. The zero-order valence-electron chi connectivity index (χ0n) is 13.2. The highest BCUT2D eigenvalue weighted by Crippen LogP contribution is 2.44. The van der Waals surface area contributed by atoms with E-state index in [4.69, 9.17) is 33.0 Å². The van der Waals surface area contributed by atoms with E-state index in [1.54, 1.807) is 0 Å². The third kappa shape index (κ3) is 5.38. The molecule has 0 spiro atoms. The van der Waals surface area contributed by atoms with Gasteiger partial charge in [0.05, 0.1) is 5.34 Å². The Kier molecular flexibility index (Phi) is 8.96. The molecule has 0 aliphatic heterocycles. The third-order valence-electron chi connectivity index (χ3n) is 3.73. The van der Waals surface area contributed by atoms with Gasteiger partial charge in [-0.15, -0.1) is 23.2 Å². The molecule has 5 nitrogen and oxygen atoms in total. The minimum absolute atomic E-state index is 0. The van der Waals surface area contributed by atoms with E-state index < -0.39 is 18.6 Å². The van der Waals surface area contributed by atoms with Crippen molar-refractivity contribution in [1.29, 1.82) is 0 Å². The number of carbonyl (C=O) groups excluding carboxylic acids is 1. The van der Waals surface area contributed by atoms with Gasteiger partial charge in [-0.05, 0) is 22.3 Å². The SMILES string of the molecule is C.ClCCl.O=C(O)CNC(=O)OCC1c2ccccc2-c2ccccc21. The molecule has 0 atom stereocenters. The number of benzene rings is 2. The van der Waals surface area contributed by atoms with Gasteiger partial charge in [0.15, 0.2) is 0 Å². The average Bonchev–Trinajstić information content (AvgIpc) is 2.93. The summed E-state index contributed by atoms with van der Waals surface area (Å²) in [5.74, 6) is -1.13. The standard InChI is InChI=1S/C17H15NO4.CH2Cl2.CH4/c19-16(20)9-18-17(21)22-10-15-13-7-3-1-5-11(13)12-6-2-4-8-14(12)15;2-1-3;/h1-8,15H,9-10H2,(H,18,21)(H,19,20);1H2;1H4. The Morgan fingerprint density at radius 2 is 1.46 bits per heavy atom. The Bertz CT molecular complexity index is 706. The molecule has 0 fully saturated rings. The summed E-state index contributed by atoms with van der Waals surface area (Å²) in [6, 6.07) is 16.1. The van der Waals surface area contributed by atoms with Crippen molar-refractivity contribution in [3.63, 3.8) is 0 Å². The Hall–Kier alpha value is -2.24. The topological polar surface area (TPSA) is 75.6 Å². The van der Waals surface area contributed by atoms with Gasteiger partial charge in [0.25, 0.3) is 0 Å².